The third-order valence-corrected chi connectivity index (χ3v) is 6.00. The summed E-state index contributed by atoms with van der Waals surface area (Å²) in [4.78, 5) is 2.67. The molecule has 2 aromatic rings. The zero-order valence-electron chi connectivity index (χ0n) is 14.8. The van der Waals surface area contributed by atoms with Crippen LogP contribution in [0, 0.1) is 5.82 Å². The molecule has 0 unspecified atom stereocenters. The summed E-state index contributed by atoms with van der Waals surface area (Å²) in [5.74, 6) is -0.145. The average molecular weight is 335 g/mol. The highest BCUT2D eigenvalue weighted by molar-refractivity contribution is 5.66. The first-order chi connectivity index (χ1) is 12.3. The summed E-state index contributed by atoms with van der Waals surface area (Å²) in [5, 5.41) is 0. The lowest BCUT2D eigenvalue weighted by Crippen LogP contribution is -2.49. The van der Waals surface area contributed by atoms with Gasteiger partial charge >= 0.3 is 0 Å². The van der Waals surface area contributed by atoms with Crippen LogP contribution in [0.5, 0.6) is 0 Å². The summed E-state index contributed by atoms with van der Waals surface area (Å²) in [7, 11) is 0. The van der Waals surface area contributed by atoms with E-state index in [4.69, 9.17) is 0 Å². The molecule has 1 nitrogen and oxygen atoms in total. The van der Waals surface area contributed by atoms with Gasteiger partial charge in [-0.25, -0.2) is 4.39 Å². The Kier molecular flexibility index (Phi) is 4.72. The van der Waals surface area contributed by atoms with Crippen LogP contribution in [0.4, 0.5) is 4.39 Å². The van der Waals surface area contributed by atoms with Gasteiger partial charge < -0.3 is 0 Å². The van der Waals surface area contributed by atoms with Crippen LogP contribution < -0.4 is 0 Å². The third kappa shape index (κ3) is 3.28. The smallest absolute Gasteiger partial charge is 0.123 e. The first-order valence-electron chi connectivity index (χ1n) is 9.53. The van der Waals surface area contributed by atoms with E-state index in [0.717, 1.165) is 25.1 Å². The average Bonchev–Trinajstić information content (AvgIpc) is 2.69. The molecular weight excluding hydrogens is 309 g/mol. The van der Waals surface area contributed by atoms with Crippen LogP contribution in [-0.2, 0) is 5.54 Å². The Bertz CT molecular complexity index is 744. The van der Waals surface area contributed by atoms with Crippen LogP contribution in [0.25, 0.3) is 5.57 Å². The maximum absolute atomic E-state index is 13.5. The highest BCUT2D eigenvalue weighted by atomic mass is 19.1. The second kappa shape index (κ2) is 7.13. The molecule has 130 valence electrons. The zero-order valence-corrected chi connectivity index (χ0v) is 14.8. The lowest BCUT2D eigenvalue weighted by atomic mass is 9.74. The van der Waals surface area contributed by atoms with Crippen molar-refractivity contribution >= 4 is 5.57 Å². The van der Waals surface area contributed by atoms with Crippen molar-refractivity contribution in [3.63, 3.8) is 0 Å². The minimum absolute atomic E-state index is 0.145. The van der Waals surface area contributed by atoms with Gasteiger partial charge in [0.25, 0.3) is 0 Å². The summed E-state index contributed by atoms with van der Waals surface area (Å²) in [5.41, 5.74) is 3.98. The minimum atomic E-state index is -0.145. The van der Waals surface area contributed by atoms with Gasteiger partial charge in [-0.2, -0.15) is 0 Å². The van der Waals surface area contributed by atoms with Crippen molar-refractivity contribution in [1.29, 1.82) is 0 Å². The molecule has 0 saturated heterocycles. The molecule has 25 heavy (non-hydrogen) atoms. The molecule has 2 aliphatic rings. The Balaban J connectivity index is 1.60. The number of hydrogen-bond donors (Lipinski definition) is 0. The molecule has 2 aromatic carbocycles. The number of halogens is 1. The highest BCUT2D eigenvalue weighted by Gasteiger charge is 2.39. The van der Waals surface area contributed by atoms with E-state index < -0.39 is 0 Å². The second-order valence-electron chi connectivity index (χ2n) is 7.39. The van der Waals surface area contributed by atoms with Crippen molar-refractivity contribution in [3.05, 3.63) is 77.6 Å². The summed E-state index contributed by atoms with van der Waals surface area (Å²) in [6, 6.07) is 18.1. The van der Waals surface area contributed by atoms with Crippen molar-refractivity contribution in [2.24, 2.45) is 0 Å². The molecule has 1 aliphatic heterocycles. The first kappa shape index (κ1) is 16.5. The number of nitrogens with zero attached hydrogens (tertiary/aromatic N) is 1. The van der Waals surface area contributed by atoms with Gasteiger partial charge in [0, 0.05) is 18.6 Å². The fraction of sp³-hybridized carbons (Fsp3) is 0.391. The van der Waals surface area contributed by atoms with Gasteiger partial charge in [0.15, 0.2) is 0 Å². The van der Waals surface area contributed by atoms with Gasteiger partial charge in [0.05, 0.1) is 0 Å². The Morgan fingerprint density at radius 3 is 2.36 bits per heavy atom. The van der Waals surface area contributed by atoms with Crippen LogP contribution in [0.15, 0.2) is 60.7 Å². The Morgan fingerprint density at radius 2 is 1.68 bits per heavy atom. The maximum atomic E-state index is 13.5. The predicted molar refractivity (Wildman–Crippen MR) is 102 cm³/mol. The Labute approximate surface area is 150 Å². The van der Waals surface area contributed by atoms with E-state index in [-0.39, 0.29) is 11.4 Å². The molecule has 0 amide bonds. The molecule has 1 fully saturated rings. The SMILES string of the molecule is Fc1cccc(C2=CCN(C3(c4ccccc4)CCCCC3)CC2)c1. The lowest BCUT2D eigenvalue weighted by Gasteiger charge is -2.48. The fourth-order valence-electron chi connectivity index (χ4n) is 4.68. The number of rotatable bonds is 3. The lowest BCUT2D eigenvalue weighted by molar-refractivity contribution is 0.0569. The summed E-state index contributed by atoms with van der Waals surface area (Å²) in [6.45, 7) is 2.01. The molecule has 2 heteroatoms. The van der Waals surface area contributed by atoms with Crippen LogP contribution in [-0.4, -0.2) is 18.0 Å². The highest BCUT2D eigenvalue weighted by Crippen LogP contribution is 2.43. The summed E-state index contributed by atoms with van der Waals surface area (Å²) >= 11 is 0. The van der Waals surface area contributed by atoms with Gasteiger partial charge in [-0.1, -0.05) is 67.8 Å². The van der Waals surface area contributed by atoms with E-state index in [1.165, 1.54) is 49.3 Å². The van der Waals surface area contributed by atoms with E-state index in [0.29, 0.717) is 0 Å². The van der Waals surface area contributed by atoms with Crippen LogP contribution >= 0.6 is 0 Å². The Hall–Kier alpha value is -1.93. The van der Waals surface area contributed by atoms with E-state index in [1.54, 1.807) is 6.07 Å². The van der Waals surface area contributed by atoms with Crippen molar-refractivity contribution < 1.29 is 4.39 Å². The van der Waals surface area contributed by atoms with Gasteiger partial charge in [0.1, 0.15) is 5.82 Å². The Morgan fingerprint density at radius 1 is 0.880 bits per heavy atom. The quantitative estimate of drug-likeness (QED) is 0.688. The molecule has 1 heterocycles. The number of hydrogen-bond acceptors (Lipinski definition) is 1. The normalized spacial score (nSPS) is 20.9. The molecule has 0 radical (unpaired) electrons. The van der Waals surface area contributed by atoms with Gasteiger partial charge in [0.2, 0.25) is 0 Å². The van der Waals surface area contributed by atoms with Crippen molar-refractivity contribution in [3.8, 4) is 0 Å². The van der Waals surface area contributed by atoms with Crippen LogP contribution in [0.3, 0.4) is 0 Å². The molecule has 0 spiro atoms. The molecule has 0 bridgehead atoms. The van der Waals surface area contributed by atoms with Gasteiger partial charge in [-0.3, -0.25) is 4.90 Å². The fourth-order valence-corrected chi connectivity index (χ4v) is 4.68. The number of benzene rings is 2. The summed E-state index contributed by atoms with van der Waals surface area (Å²) in [6.07, 6.45) is 9.79. The first-order valence-corrected chi connectivity index (χ1v) is 9.53. The molecule has 0 atom stereocenters. The monoisotopic (exact) mass is 335 g/mol. The maximum Gasteiger partial charge on any atom is 0.123 e. The second-order valence-corrected chi connectivity index (χ2v) is 7.39. The largest absolute Gasteiger partial charge is 0.290 e. The van der Waals surface area contributed by atoms with Gasteiger partial charge in [-0.15, -0.1) is 0 Å². The van der Waals surface area contributed by atoms with E-state index >= 15 is 0 Å². The van der Waals surface area contributed by atoms with E-state index in [2.05, 4.69) is 41.3 Å². The van der Waals surface area contributed by atoms with Crippen molar-refractivity contribution in [2.75, 3.05) is 13.1 Å². The topological polar surface area (TPSA) is 3.24 Å². The van der Waals surface area contributed by atoms with E-state index in [9.17, 15) is 4.39 Å². The molecular formula is C23H26FN. The van der Waals surface area contributed by atoms with Crippen LogP contribution in [0.1, 0.15) is 49.7 Å². The van der Waals surface area contributed by atoms with Crippen molar-refractivity contribution in [2.45, 2.75) is 44.1 Å². The standard InChI is InChI=1S/C23H26FN/c24-22-11-7-8-20(18-22)19-12-16-25(17-13-19)23(14-5-2-6-15-23)21-9-3-1-4-10-21/h1,3-4,7-12,18H,2,5-6,13-17H2. The van der Waals surface area contributed by atoms with Crippen LogP contribution in [0.2, 0.25) is 0 Å². The zero-order chi connectivity index (χ0) is 17.1. The van der Waals surface area contributed by atoms with Crippen molar-refractivity contribution in [1.82, 2.24) is 4.90 Å². The molecule has 0 N–H and O–H groups in total. The minimum Gasteiger partial charge on any atom is -0.290 e. The molecule has 1 saturated carbocycles. The predicted octanol–water partition coefficient (Wildman–Crippen LogP) is 5.77. The van der Waals surface area contributed by atoms with E-state index in [1.807, 2.05) is 12.1 Å². The molecule has 4 rings (SSSR count). The van der Waals surface area contributed by atoms with Gasteiger partial charge in [-0.05, 0) is 48.1 Å². The summed E-state index contributed by atoms with van der Waals surface area (Å²) < 4.78 is 13.5. The molecule has 1 aliphatic carbocycles. The molecule has 0 aromatic heterocycles. The third-order valence-electron chi connectivity index (χ3n) is 6.00.